The van der Waals surface area contributed by atoms with Crippen LogP contribution in [0.5, 0.6) is 5.75 Å². The molecule has 5 nitrogen and oxygen atoms in total. The van der Waals surface area contributed by atoms with Crippen LogP contribution in [0.25, 0.3) is 16.9 Å². The standard InChI is InChI=1S/C25H20Cl2N2O3/c1-32-20-10-8-19(9-11-20)29-24(17-7-12-22(26)23(27)13-17)15-18(28-29)14-21(25(30)31)16-5-3-2-4-6-16/h2-13,15,21H,14H2,1H3,(H,30,31). The highest BCUT2D eigenvalue weighted by Crippen LogP contribution is 2.32. The van der Waals surface area contributed by atoms with Crippen molar-refractivity contribution in [2.75, 3.05) is 7.11 Å². The van der Waals surface area contributed by atoms with E-state index in [1.54, 1.807) is 23.9 Å². The molecule has 4 aromatic rings. The summed E-state index contributed by atoms with van der Waals surface area (Å²) in [4.78, 5) is 12.0. The summed E-state index contributed by atoms with van der Waals surface area (Å²) in [7, 11) is 1.61. The fourth-order valence-electron chi connectivity index (χ4n) is 3.55. The molecule has 3 aromatic carbocycles. The SMILES string of the molecule is COc1ccc(-n2nc(CC(C(=O)O)c3ccccc3)cc2-c2ccc(Cl)c(Cl)c2)cc1. The van der Waals surface area contributed by atoms with Gasteiger partial charge in [0.15, 0.2) is 0 Å². The van der Waals surface area contributed by atoms with Crippen LogP contribution in [0.4, 0.5) is 0 Å². The first-order valence-corrected chi connectivity index (χ1v) is 10.7. The van der Waals surface area contributed by atoms with Gasteiger partial charge in [-0.3, -0.25) is 4.79 Å². The third kappa shape index (κ3) is 4.64. The Morgan fingerprint density at radius 1 is 1.00 bits per heavy atom. The number of rotatable bonds is 7. The second-order valence-corrected chi connectivity index (χ2v) is 8.08. The van der Waals surface area contributed by atoms with Crippen LogP contribution in [0.1, 0.15) is 17.2 Å². The molecule has 0 aliphatic rings. The molecule has 1 aromatic heterocycles. The molecule has 1 heterocycles. The van der Waals surface area contributed by atoms with Gasteiger partial charge in [0.05, 0.1) is 40.1 Å². The lowest BCUT2D eigenvalue weighted by atomic mass is 9.94. The van der Waals surface area contributed by atoms with E-state index in [1.807, 2.05) is 66.7 Å². The number of hydrogen-bond donors (Lipinski definition) is 1. The molecule has 7 heteroatoms. The van der Waals surface area contributed by atoms with Gasteiger partial charge in [-0.25, -0.2) is 4.68 Å². The number of carbonyl (C=O) groups is 1. The lowest BCUT2D eigenvalue weighted by molar-refractivity contribution is -0.138. The molecule has 0 aliphatic heterocycles. The second kappa shape index (κ2) is 9.47. The van der Waals surface area contributed by atoms with E-state index in [2.05, 4.69) is 0 Å². The summed E-state index contributed by atoms with van der Waals surface area (Å²) in [6, 6.07) is 23.9. The minimum absolute atomic E-state index is 0.247. The van der Waals surface area contributed by atoms with Crippen molar-refractivity contribution in [1.29, 1.82) is 0 Å². The average molecular weight is 467 g/mol. The largest absolute Gasteiger partial charge is 0.497 e. The van der Waals surface area contributed by atoms with Gasteiger partial charge in [-0.05, 0) is 48.0 Å². The quantitative estimate of drug-likeness (QED) is 0.348. The van der Waals surface area contributed by atoms with Crippen LogP contribution in [0.15, 0.2) is 78.9 Å². The van der Waals surface area contributed by atoms with E-state index in [0.717, 1.165) is 28.3 Å². The topological polar surface area (TPSA) is 64.4 Å². The highest BCUT2D eigenvalue weighted by atomic mass is 35.5. The lowest BCUT2D eigenvalue weighted by Crippen LogP contribution is -2.14. The van der Waals surface area contributed by atoms with Gasteiger partial charge in [-0.1, -0.05) is 59.6 Å². The summed E-state index contributed by atoms with van der Waals surface area (Å²) in [5.41, 5.74) is 3.79. The van der Waals surface area contributed by atoms with Crippen molar-refractivity contribution in [3.63, 3.8) is 0 Å². The number of benzene rings is 3. The molecule has 0 radical (unpaired) electrons. The molecule has 0 saturated heterocycles. The molecule has 4 rings (SSSR count). The Balaban J connectivity index is 1.79. The molecule has 32 heavy (non-hydrogen) atoms. The summed E-state index contributed by atoms with van der Waals surface area (Å²) < 4.78 is 7.03. The fourth-order valence-corrected chi connectivity index (χ4v) is 3.85. The van der Waals surface area contributed by atoms with Crippen molar-refractivity contribution in [3.8, 4) is 22.7 Å². The highest BCUT2D eigenvalue weighted by molar-refractivity contribution is 6.42. The Morgan fingerprint density at radius 3 is 2.34 bits per heavy atom. The van der Waals surface area contributed by atoms with Crippen molar-refractivity contribution in [1.82, 2.24) is 9.78 Å². The molecular weight excluding hydrogens is 447 g/mol. The Bertz CT molecular complexity index is 1240. The summed E-state index contributed by atoms with van der Waals surface area (Å²) in [6.07, 6.45) is 0.247. The van der Waals surface area contributed by atoms with Crippen molar-refractivity contribution in [2.24, 2.45) is 0 Å². The third-order valence-electron chi connectivity index (χ3n) is 5.21. The summed E-state index contributed by atoms with van der Waals surface area (Å²) in [5, 5.41) is 15.5. The van der Waals surface area contributed by atoms with E-state index in [0.29, 0.717) is 15.7 Å². The number of carboxylic acid groups (broad SMARTS) is 1. The molecule has 0 bridgehead atoms. The number of nitrogens with zero attached hydrogens (tertiary/aromatic N) is 2. The summed E-state index contributed by atoms with van der Waals surface area (Å²) in [6.45, 7) is 0. The maximum absolute atomic E-state index is 12.0. The minimum atomic E-state index is -0.897. The van der Waals surface area contributed by atoms with Crippen molar-refractivity contribution < 1.29 is 14.6 Å². The maximum Gasteiger partial charge on any atom is 0.311 e. The van der Waals surface area contributed by atoms with Gasteiger partial charge >= 0.3 is 5.97 Å². The zero-order valence-electron chi connectivity index (χ0n) is 17.2. The molecule has 0 saturated carbocycles. The fraction of sp³-hybridized carbons (Fsp3) is 0.120. The monoisotopic (exact) mass is 466 g/mol. The van der Waals surface area contributed by atoms with E-state index >= 15 is 0 Å². The Labute approximate surface area is 195 Å². The van der Waals surface area contributed by atoms with E-state index < -0.39 is 11.9 Å². The van der Waals surface area contributed by atoms with Gasteiger partial charge in [-0.2, -0.15) is 5.10 Å². The molecule has 1 N–H and O–H groups in total. The molecule has 162 valence electrons. The van der Waals surface area contributed by atoms with Crippen LogP contribution < -0.4 is 4.74 Å². The van der Waals surface area contributed by atoms with Crippen LogP contribution in [-0.2, 0) is 11.2 Å². The minimum Gasteiger partial charge on any atom is -0.497 e. The average Bonchev–Trinajstić information content (AvgIpc) is 3.23. The molecule has 0 fully saturated rings. The third-order valence-corrected chi connectivity index (χ3v) is 5.94. The van der Waals surface area contributed by atoms with Gasteiger partial charge in [0.2, 0.25) is 0 Å². The normalized spacial score (nSPS) is 11.8. The van der Waals surface area contributed by atoms with E-state index in [4.69, 9.17) is 33.0 Å². The zero-order valence-corrected chi connectivity index (χ0v) is 18.7. The number of aromatic nitrogens is 2. The zero-order chi connectivity index (χ0) is 22.7. The van der Waals surface area contributed by atoms with Crippen LogP contribution >= 0.6 is 23.2 Å². The summed E-state index contributed by atoms with van der Waals surface area (Å²) >= 11 is 12.4. The van der Waals surface area contributed by atoms with E-state index in [-0.39, 0.29) is 6.42 Å². The molecular formula is C25H20Cl2N2O3. The smallest absolute Gasteiger partial charge is 0.311 e. The van der Waals surface area contributed by atoms with Gasteiger partial charge in [0.1, 0.15) is 5.75 Å². The molecule has 0 aliphatic carbocycles. The number of carboxylic acids is 1. The highest BCUT2D eigenvalue weighted by Gasteiger charge is 2.23. The lowest BCUT2D eigenvalue weighted by Gasteiger charge is -2.11. The van der Waals surface area contributed by atoms with Gasteiger partial charge in [-0.15, -0.1) is 0 Å². The van der Waals surface area contributed by atoms with Crippen molar-refractivity contribution in [2.45, 2.75) is 12.3 Å². The van der Waals surface area contributed by atoms with E-state index in [9.17, 15) is 9.90 Å². The van der Waals surface area contributed by atoms with Crippen LogP contribution in [0.2, 0.25) is 10.0 Å². The first-order valence-electron chi connectivity index (χ1n) is 9.93. The summed E-state index contributed by atoms with van der Waals surface area (Å²) in [5.74, 6) is -0.879. The molecule has 1 atom stereocenters. The maximum atomic E-state index is 12.0. The van der Waals surface area contributed by atoms with Gasteiger partial charge in [0, 0.05) is 12.0 Å². The molecule has 1 unspecified atom stereocenters. The molecule has 0 amide bonds. The van der Waals surface area contributed by atoms with Crippen molar-refractivity contribution >= 4 is 29.2 Å². The Morgan fingerprint density at radius 2 is 1.72 bits per heavy atom. The Hall–Kier alpha value is -3.28. The first-order chi connectivity index (χ1) is 15.5. The second-order valence-electron chi connectivity index (χ2n) is 7.27. The number of halogens is 2. The van der Waals surface area contributed by atoms with E-state index in [1.165, 1.54) is 0 Å². The van der Waals surface area contributed by atoms with Gasteiger partial charge in [0.25, 0.3) is 0 Å². The predicted octanol–water partition coefficient (Wildman–Crippen LogP) is 6.27. The van der Waals surface area contributed by atoms with Gasteiger partial charge < -0.3 is 9.84 Å². The van der Waals surface area contributed by atoms with Crippen LogP contribution in [0.3, 0.4) is 0 Å². The number of ether oxygens (including phenoxy) is 1. The van der Waals surface area contributed by atoms with Crippen LogP contribution in [-0.4, -0.2) is 28.0 Å². The van der Waals surface area contributed by atoms with Crippen molar-refractivity contribution in [3.05, 3.63) is 100 Å². The number of methoxy groups -OCH3 is 1. The first kappa shape index (κ1) is 21.9. The predicted molar refractivity (Wildman–Crippen MR) is 126 cm³/mol. The Kier molecular flexibility index (Phi) is 6.49. The molecule has 0 spiro atoms. The van der Waals surface area contributed by atoms with Crippen LogP contribution in [0, 0.1) is 0 Å². The number of aliphatic carboxylic acids is 1. The number of hydrogen-bond acceptors (Lipinski definition) is 3.